The van der Waals surface area contributed by atoms with Gasteiger partial charge in [-0.05, 0) is 19.1 Å². The molecule has 0 spiro atoms. The standard InChI is InChI=1S/C10H8F5NO/c1-5-6(2-3-7(11)8(5)12)9(17)16-4-10(13,14)15/h2-3H,4H2,1H3,(H,16,17). The van der Waals surface area contributed by atoms with Gasteiger partial charge in [0.05, 0.1) is 0 Å². The molecule has 0 saturated carbocycles. The fourth-order valence-corrected chi connectivity index (χ4v) is 1.17. The molecule has 0 aliphatic heterocycles. The summed E-state index contributed by atoms with van der Waals surface area (Å²) in [5.41, 5.74) is -0.655. The second-order valence-electron chi connectivity index (χ2n) is 3.33. The molecule has 1 rings (SSSR count). The average Bonchev–Trinajstić information content (AvgIpc) is 2.22. The van der Waals surface area contributed by atoms with Gasteiger partial charge in [0.1, 0.15) is 6.54 Å². The lowest BCUT2D eigenvalue weighted by atomic mass is 10.1. The molecule has 0 radical (unpaired) electrons. The van der Waals surface area contributed by atoms with E-state index in [4.69, 9.17) is 0 Å². The third-order valence-electron chi connectivity index (χ3n) is 2.03. The lowest BCUT2D eigenvalue weighted by molar-refractivity contribution is -0.123. The fourth-order valence-electron chi connectivity index (χ4n) is 1.17. The third-order valence-corrected chi connectivity index (χ3v) is 2.03. The Morgan fingerprint density at radius 2 is 1.88 bits per heavy atom. The highest BCUT2D eigenvalue weighted by Crippen LogP contribution is 2.17. The predicted molar refractivity (Wildman–Crippen MR) is 49.5 cm³/mol. The zero-order chi connectivity index (χ0) is 13.2. The van der Waals surface area contributed by atoms with E-state index in [2.05, 4.69) is 0 Å². The number of hydrogen-bond acceptors (Lipinski definition) is 1. The summed E-state index contributed by atoms with van der Waals surface area (Å²) >= 11 is 0. The van der Waals surface area contributed by atoms with Crippen LogP contribution in [0.15, 0.2) is 12.1 Å². The molecule has 0 saturated heterocycles. The normalized spacial score (nSPS) is 11.4. The Morgan fingerprint density at radius 3 is 2.41 bits per heavy atom. The van der Waals surface area contributed by atoms with Gasteiger partial charge in [0.25, 0.3) is 5.91 Å². The highest BCUT2D eigenvalue weighted by molar-refractivity contribution is 5.95. The molecule has 0 aromatic heterocycles. The van der Waals surface area contributed by atoms with Crippen molar-refractivity contribution in [2.24, 2.45) is 0 Å². The Labute approximate surface area is 93.4 Å². The van der Waals surface area contributed by atoms with E-state index < -0.39 is 30.3 Å². The van der Waals surface area contributed by atoms with E-state index in [0.717, 1.165) is 13.0 Å². The number of nitrogens with one attached hydrogen (secondary N) is 1. The number of rotatable bonds is 2. The van der Waals surface area contributed by atoms with Crippen molar-refractivity contribution in [3.05, 3.63) is 34.9 Å². The first kappa shape index (κ1) is 13.4. The number of amides is 1. The number of carbonyl (C=O) groups is 1. The van der Waals surface area contributed by atoms with Crippen LogP contribution in [0.4, 0.5) is 22.0 Å². The number of benzene rings is 1. The van der Waals surface area contributed by atoms with Crippen LogP contribution in [-0.2, 0) is 0 Å². The quantitative estimate of drug-likeness (QED) is 0.806. The summed E-state index contributed by atoms with van der Waals surface area (Å²) in [6, 6.07) is 1.62. The van der Waals surface area contributed by atoms with Crippen molar-refractivity contribution in [1.29, 1.82) is 0 Å². The molecule has 0 fully saturated rings. The SMILES string of the molecule is Cc1c(C(=O)NCC(F)(F)F)ccc(F)c1F. The van der Waals surface area contributed by atoms with Gasteiger partial charge in [0, 0.05) is 11.1 Å². The van der Waals surface area contributed by atoms with Crippen LogP contribution in [0.25, 0.3) is 0 Å². The molecule has 0 atom stereocenters. The Hall–Kier alpha value is -1.66. The number of carbonyl (C=O) groups excluding carboxylic acids is 1. The van der Waals surface area contributed by atoms with Gasteiger partial charge in [-0.15, -0.1) is 0 Å². The van der Waals surface area contributed by atoms with Crippen molar-refractivity contribution in [2.45, 2.75) is 13.1 Å². The number of halogens is 5. The smallest absolute Gasteiger partial charge is 0.343 e. The molecule has 0 aliphatic carbocycles. The molecule has 0 unspecified atom stereocenters. The van der Waals surface area contributed by atoms with Gasteiger partial charge < -0.3 is 5.32 Å². The molecular weight excluding hydrogens is 245 g/mol. The predicted octanol–water partition coefficient (Wildman–Crippen LogP) is 2.57. The first-order valence-corrected chi connectivity index (χ1v) is 4.52. The molecule has 2 nitrogen and oxygen atoms in total. The summed E-state index contributed by atoms with van der Waals surface area (Å²) in [6.07, 6.45) is -4.55. The van der Waals surface area contributed by atoms with Crippen LogP contribution in [0.1, 0.15) is 15.9 Å². The van der Waals surface area contributed by atoms with Crippen molar-refractivity contribution in [2.75, 3.05) is 6.54 Å². The van der Waals surface area contributed by atoms with E-state index in [0.29, 0.717) is 6.07 Å². The second kappa shape index (κ2) is 4.68. The van der Waals surface area contributed by atoms with Crippen molar-refractivity contribution in [3.63, 3.8) is 0 Å². The maximum absolute atomic E-state index is 13.0. The van der Waals surface area contributed by atoms with Gasteiger partial charge in [0.15, 0.2) is 11.6 Å². The monoisotopic (exact) mass is 253 g/mol. The molecule has 1 amide bonds. The molecule has 7 heteroatoms. The Morgan fingerprint density at radius 1 is 1.29 bits per heavy atom. The van der Waals surface area contributed by atoms with Crippen LogP contribution >= 0.6 is 0 Å². The van der Waals surface area contributed by atoms with Crippen molar-refractivity contribution < 1.29 is 26.7 Å². The Bertz CT molecular complexity index is 441. The van der Waals surface area contributed by atoms with Crippen molar-refractivity contribution >= 4 is 5.91 Å². The minimum atomic E-state index is -4.55. The number of alkyl halides is 3. The van der Waals surface area contributed by atoms with E-state index in [1.165, 1.54) is 0 Å². The Balaban J connectivity index is 2.87. The first-order valence-electron chi connectivity index (χ1n) is 4.52. The highest BCUT2D eigenvalue weighted by Gasteiger charge is 2.28. The van der Waals surface area contributed by atoms with Gasteiger partial charge in [-0.3, -0.25) is 4.79 Å². The molecule has 1 N–H and O–H groups in total. The maximum Gasteiger partial charge on any atom is 0.405 e. The molecule has 17 heavy (non-hydrogen) atoms. The van der Waals surface area contributed by atoms with Crippen LogP contribution < -0.4 is 5.32 Å². The minimum absolute atomic E-state index is 0.326. The summed E-state index contributed by atoms with van der Waals surface area (Å²) in [4.78, 5) is 11.3. The van der Waals surface area contributed by atoms with E-state index in [-0.39, 0.29) is 11.1 Å². The van der Waals surface area contributed by atoms with Gasteiger partial charge in [-0.1, -0.05) is 0 Å². The summed E-state index contributed by atoms with van der Waals surface area (Å²) in [5, 5.41) is 1.57. The minimum Gasteiger partial charge on any atom is -0.343 e. The molecule has 94 valence electrons. The second-order valence-corrected chi connectivity index (χ2v) is 3.33. The van der Waals surface area contributed by atoms with E-state index in [1.54, 1.807) is 5.32 Å². The van der Waals surface area contributed by atoms with Crippen LogP contribution in [0.5, 0.6) is 0 Å². The van der Waals surface area contributed by atoms with Crippen LogP contribution in [-0.4, -0.2) is 18.6 Å². The largest absolute Gasteiger partial charge is 0.405 e. The topological polar surface area (TPSA) is 29.1 Å². The van der Waals surface area contributed by atoms with Crippen molar-refractivity contribution in [1.82, 2.24) is 5.32 Å². The van der Waals surface area contributed by atoms with Crippen LogP contribution in [0.2, 0.25) is 0 Å². The molecule has 0 aliphatic rings. The van der Waals surface area contributed by atoms with Crippen LogP contribution in [0.3, 0.4) is 0 Å². The van der Waals surface area contributed by atoms with E-state index >= 15 is 0 Å². The van der Waals surface area contributed by atoms with Gasteiger partial charge >= 0.3 is 6.18 Å². The first-order chi connectivity index (χ1) is 7.72. The van der Waals surface area contributed by atoms with E-state index in [1.807, 2.05) is 0 Å². The summed E-state index contributed by atoms with van der Waals surface area (Å²) in [5.74, 6) is -3.50. The van der Waals surface area contributed by atoms with E-state index in [9.17, 15) is 26.7 Å². The van der Waals surface area contributed by atoms with Gasteiger partial charge in [-0.2, -0.15) is 13.2 Å². The lowest BCUT2D eigenvalue weighted by Gasteiger charge is -2.10. The van der Waals surface area contributed by atoms with Crippen molar-refractivity contribution in [3.8, 4) is 0 Å². The van der Waals surface area contributed by atoms with Gasteiger partial charge in [-0.25, -0.2) is 8.78 Å². The maximum atomic E-state index is 13.0. The summed E-state index contributed by atoms with van der Waals surface area (Å²) in [6.45, 7) is -0.412. The molecule has 1 aromatic rings. The molecular formula is C10H8F5NO. The summed E-state index contributed by atoms with van der Waals surface area (Å²) in [7, 11) is 0. The zero-order valence-corrected chi connectivity index (χ0v) is 8.66. The average molecular weight is 253 g/mol. The molecule has 1 aromatic carbocycles. The molecule has 0 heterocycles. The fraction of sp³-hybridized carbons (Fsp3) is 0.300. The highest BCUT2D eigenvalue weighted by atomic mass is 19.4. The van der Waals surface area contributed by atoms with Gasteiger partial charge in [0.2, 0.25) is 0 Å². The Kier molecular flexibility index (Phi) is 3.69. The number of hydrogen-bond donors (Lipinski definition) is 1. The summed E-state index contributed by atoms with van der Waals surface area (Å²) < 4.78 is 61.2. The van der Waals surface area contributed by atoms with Crippen LogP contribution in [0, 0.1) is 18.6 Å². The third kappa shape index (κ3) is 3.40. The molecule has 0 bridgehead atoms. The zero-order valence-electron chi connectivity index (χ0n) is 8.66. The lowest BCUT2D eigenvalue weighted by Crippen LogP contribution is -2.34.